The van der Waals surface area contributed by atoms with Crippen molar-refractivity contribution >= 4 is 11.6 Å². The van der Waals surface area contributed by atoms with Crippen molar-refractivity contribution in [1.29, 1.82) is 0 Å². The molecule has 0 spiro atoms. The third kappa shape index (κ3) is 3.82. The molecule has 0 unspecified atom stereocenters. The van der Waals surface area contributed by atoms with Gasteiger partial charge in [0.15, 0.2) is 0 Å². The summed E-state index contributed by atoms with van der Waals surface area (Å²) in [5, 5.41) is 3.73. The predicted molar refractivity (Wildman–Crippen MR) is 100 cm³/mol. The molecule has 2 saturated heterocycles. The van der Waals surface area contributed by atoms with Gasteiger partial charge in [0.1, 0.15) is 0 Å². The summed E-state index contributed by atoms with van der Waals surface area (Å²) in [7, 11) is 0. The first-order valence-corrected chi connectivity index (χ1v) is 9.75. The van der Waals surface area contributed by atoms with E-state index in [1.165, 1.54) is 30.5 Å². The van der Waals surface area contributed by atoms with Crippen molar-refractivity contribution in [3.8, 4) is 0 Å². The van der Waals surface area contributed by atoms with E-state index in [9.17, 15) is 4.79 Å². The Morgan fingerprint density at radius 3 is 2.92 bits per heavy atom. The highest BCUT2D eigenvalue weighted by atomic mass is 16.1. The summed E-state index contributed by atoms with van der Waals surface area (Å²) in [5.74, 6) is -0.188. The van der Waals surface area contributed by atoms with Crippen LogP contribution in [0.25, 0.3) is 0 Å². The van der Waals surface area contributed by atoms with E-state index in [0.29, 0.717) is 12.1 Å². The predicted octanol–water partition coefficient (Wildman–Crippen LogP) is 2.17. The van der Waals surface area contributed by atoms with Crippen LogP contribution in [0.4, 0.5) is 5.69 Å². The lowest BCUT2D eigenvalue weighted by Gasteiger charge is -2.22. The maximum atomic E-state index is 11.6. The molecule has 1 aromatic rings. The Morgan fingerprint density at radius 1 is 1.32 bits per heavy atom. The molecule has 2 aliphatic heterocycles. The van der Waals surface area contributed by atoms with Gasteiger partial charge in [-0.25, -0.2) is 0 Å². The second-order valence-electron chi connectivity index (χ2n) is 8.09. The average molecular weight is 342 g/mol. The van der Waals surface area contributed by atoms with Crippen molar-refractivity contribution in [3.63, 3.8) is 0 Å². The van der Waals surface area contributed by atoms with Crippen LogP contribution in [0.2, 0.25) is 0 Å². The van der Waals surface area contributed by atoms with Crippen molar-refractivity contribution in [2.75, 3.05) is 18.4 Å². The lowest BCUT2D eigenvalue weighted by molar-refractivity contribution is -0.122. The number of nitrogens with one attached hydrogen (secondary N) is 1. The van der Waals surface area contributed by atoms with Crippen LogP contribution in [-0.2, 0) is 11.3 Å². The van der Waals surface area contributed by atoms with E-state index in [-0.39, 0.29) is 11.9 Å². The van der Waals surface area contributed by atoms with E-state index in [1.54, 1.807) is 0 Å². The molecule has 1 aromatic carbocycles. The molecule has 2 heterocycles. The third-order valence-electron chi connectivity index (χ3n) is 6.01. The first kappa shape index (κ1) is 16.9. The van der Waals surface area contributed by atoms with Gasteiger partial charge in [0, 0.05) is 36.9 Å². The van der Waals surface area contributed by atoms with Gasteiger partial charge < -0.3 is 11.1 Å². The Kier molecular flexibility index (Phi) is 4.69. The molecular formula is C20H30N4O. The zero-order valence-electron chi connectivity index (χ0n) is 15.2. The molecule has 3 atom stereocenters. The van der Waals surface area contributed by atoms with Crippen LogP contribution in [0.15, 0.2) is 24.3 Å². The Labute approximate surface area is 150 Å². The quantitative estimate of drug-likeness (QED) is 0.832. The van der Waals surface area contributed by atoms with Crippen LogP contribution in [-0.4, -0.2) is 53.0 Å². The molecular weight excluding hydrogens is 312 g/mol. The summed E-state index contributed by atoms with van der Waals surface area (Å²) >= 11 is 0. The zero-order valence-corrected chi connectivity index (χ0v) is 15.2. The van der Waals surface area contributed by atoms with E-state index in [0.717, 1.165) is 38.5 Å². The monoisotopic (exact) mass is 342 g/mol. The number of hydrogen-bond acceptors (Lipinski definition) is 4. The number of amides is 1. The standard InChI is InChI=1S/C20H30N4O/c1-14-10-17(13-24(14)18-7-8-18)22-16-5-2-4-15(11-16)12-23-9-3-6-19(23)20(21)25/h2,4-5,11,14,17-19,22H,3,6-10,12-13H2,1H3,(H2,21,25)/t14-,17+,19-/m1/s1. The van der Waals surface area contributed by atoms with E-state index >= 15 is 0 Å². The van der Waals surface area contributed by atoms with Crippen LogP contribution in [0, 0.1) is 0 Å². The van der Waals surface area contributed by atoms with Gasteiger partial charge in [-0.1, -0.05) is 12.1 Å². The fraction of sp³-hybridized carbons (Fsp3) is 0.650. The molecule has 1 aliphatic carbocycles. The summed E-state index contributed by atoms with van der Waals surface area (Å²) in [5.41, 5.74) is 7.99. The van der Waals surface area contributed by atoms with Gasteiger partial charge in [0.2, 0.25) is 5.91 Å². The molecule has 1 amide bonds. The molecule has 1 saturated carbocycles. The van der Waals surface area contributed by atoms with E-state index < -0.39 is 0 Å². The number of likely N-dealkylation sites (tertiary alicyclic amines) is 2. The summed E-state index contributed by atoms with van der Waals surface area (Å²) in [4.78, 5) is 16.5. The number of benzene rings is 1. The van der Waals surface area contributed by atoms with Crippen LogP contribution >= 0.6 is 0 Å². The number of nitrogens with zero attached hydrogens (tertiary/aromatic N) is 2. The lowest BCUT2D eigenvalue weighted by atomic mass is 10.1. The van der Waals surface area contributed by atoms with E-state index in [1.807, 2.05) is 0 Å². The fourth-order valence-corrected chi connectivity index (χ4v) is 4.64. The highest BCUT2D eigenvalue weighted by Gasteiger charge is 2.38. The van der Waals surface area contributed by atoms with Gasteiger partial charge in [-0.2, -0.15) is 0 Å². The number of hydrogen-bond donors (Lipinski definition) is 2. The highest BCUT2D eigenvalue weighted by Crippen LogP contribution is 2.34. The zero-order chi connectivity index (χ0) is 17.4. The minimum absolute atomic E-state index is 0.0978. The van der Waals surface area contributed by atoms with Gasteiger partial charge in [-0.05, 0) is 63.3 Å². The molecule has 136 valence electrons. The molecule has 5 heteroatoms. The van der Waals surface area contributed by atoms with Crippen LogP contribution in [0.3, 0.4) is 0 Å². The normalized spacial score (nSPS) is 30.7. The molecule has 3 N–H and O–H groups in total. The third-order valence-corrected chi connectivity index (χ3v) is 6.01. The first-order chi connectivity index (χ1) is 12.1. The molecule has 5 nitrogen and oxygen atoms in total. The first-order valence-electron chi connectivity index (χ1n) is 9.75. The number of carbonyl (C=O) groups is 1. The van der Waals surface area contributed by atoms with Crippen molar-refractivity contribution in [2.24, 2.45) is 5.73 Å². The summed E-state index contributed by atoms with van der Waals surface area (Å²) < 4.78 is 0. The van der Waals surface area contributed by atoms with Gasteiger partial charge in [-0.3, -0.25) is 14.6 Å². The maximum absolute atomic E-state index is 11.6. The maximum Gasteiger partial charge on any atom is 0.234 e. The highest BCUT2D eigenvalue weighted by molar-refractivity contribution is 5.80. The van der Waals surface area contributed by atoms with Crippen LogP contribution in [0.5, 0.6) is 0 Å². The van der Waals surface area contributed by atoms with E-state index in [2.05, 4.69) is 46.3 Å². The second kappa shape index (κ2) is 6.96. The van der Waals surface area contributed by atoms with Gasteiger partial charge in [0.25, 0.3) is 0 Å². The van der Waals surface area contributed by atoms with Gasteiger partial charge in [0.05, 0.1) is 6.04 Å². The van der Waals surface area contributed by atoms with E-state index in [4.69, 9.17) is 5.73 Å². The topological polar surface area (TPSA) is 61.6 Å². The Morgan fingerprint density at radius 2 is 2.16 bits per heavy atom. The molecule has 3 fully saturated rings. The van der Waals surface area contributed by atoms with Crippen LogP contribution < -0.4 is 11.1 Å². The number of anilines is 1. The smallest absolute Gasteiger partial charge is 0.234 e. The summed E-state index contributed by atoms with van der Waals surface area (Å²) in [6.07, 6.45) is 5.93. The minimum atomic E-state index is -0.188. The minimum Gasteiger partial charge on any atom is -0.381 e. The lowest BCUT2D eigenvalue weighted by Crippen LogP contribution is -2.39. The average Bonchev–Trinajstić information content (AvgIpc) is 3.20. The Bertz CT molecular complexity index is 630. The number of carbonyl (C=O) groups excluding carboxylic acids is 1. The fourth-order valence-electron chi connectivity index (χ4n) is 4.64. The molecule has 0 bridgehead atoms. The van der Waals surface area contributed by atoms with Crippen molar-refractivity contribution in [1.82, 2.24) is 9.80 Å². The Hall–Kier alpha value is -1.59. The van der Waals surface area contributed by atoms with Crippen molar-refractivity contribution in [3.05, 3.63) is 29.8 Å². The largest absolute Gasteiger partial charge is 0.381 e. The van der Waals surface area contributed by atoms with Crippen molar-refractivity contribution < 1.29 is 4.79 Å². The van der Waals surface area contributed by atoms with Gasteiger partial charge >= 0.3 is 0 Å². The summed E-state index contributed by atoms with van der Waals surface area (Å²) in [6.45, 7) is 5.28. The molecule has 4 rings (SSSR count). The second-order valence-corrected chi connectivity index (χ2v) is 8.09. The molecule has 0 aromatic heterocycles. The number of rotatable bonds is 6. The number of primary amides is 1. The van der Waals surface area contributed by atoms with Crippen LogP contribution in [0.1, 0.15) is 44.6 Å². The van der Waals surface area contributed by atoms with Crippen molar-refractivity contribution in [2.45, 2.75) is 69.7 Å². The van der Waals surface area contributed by atoms with Gasteiger partial charge in [-0.15, -0.1) is 0 Å². The molecule has 0 radical (unpaired) electrons. The Balaban J connectivity index is 1.37. The number of nitrogens with two attached hydrogens (primary N) is 1. The SMILES string of the molecule is C[C@@H]1C[C@H](Nc2cccc(CN3CCC[C@@H]3C(N)=O)c2)CN1C1CC1. The summed E-state index contributed by atoms with van der Waals surface area (Å²) in [6, 6.07) is 10.6. The molecule has 3 aliphatic rings. The molecule has 25 heavy (non-hydrogen) atoms.